The topological polar surface area (TPSA) is 66.5 Å². The van der Waals surface area contributed by atoms with Crippen molar-refractivity contribution < 1.29 is 13.2 Å². The van der Waals surface area contributed by atoms with Crippen LogP contribution in [-0.4, -0.2) is 21.4 Å². The molecule has 0 aromatic heterocycles. The Balaban J connectivity index is 1.80. The smallest absolute Gasteiger partial charge is 0.264 e. The molecule has 3 aromatic carbocycles. The van der Waals surface area contributed by atoms with E-state index in [0.717, 1.165) is 17.7 Å². The van der Waals surface area contributed by atoms with Gasteiger partial charge in [-0.15, -0.1) is 0 Å². The summed E-state index contributed by atoms with van der Waals surface area (Å²) in [6.07, 6.45) is 0.967. The third-order valence-corrected chi connectivity index (χ3v) is 7.05. The second-order valence-corrected chi connectivity index (χ2v) is 9.15. The molecule has 1 atom stereocenters. The van der Waals surface area contributed by atoms with E-state index in [-0.39, 0.29) is 10.8 Å². The maximum Gasteiger partial charge on any atom is 0.264 e. The lowest BCUT2D eigenvalue weighted by molar-refractivity contribution is 0.102. The molecule has 3 rings (SSSR count). The molecular formula is C24H26N2O3S. The summed E-state index contributed by atoms with van der Waals surface area (Å²) in [5, 5.41) is 2.95. The van der Waals surface area contributed by atoms with Crippen molar-refractivity contribution in [3.8, 4) is 0 Å². The first-order chi connectivity index (χ1) is 14.3. The van der Waals surface area contributed by atoms with Gasteiger partial charge in [0.25, 0.3) is 15.9 Å². The number of carbonyl (C=O) groups is 1. The van der Waals surface area contributed by atoms with E-state index in [4.69, 9.17) is 0 Å². The Kier molecular flexibility index (Phi) is 6.57. The van der Waals surface area contributed by atoms with Crippen LogP contribution in [0.2, 0.25) is 0 Å². The molecule has 0 saturated heterocycles. The van der Waals surface area contributed by atoms with Crippen molar-refractivity contribution in [2.45, 2.75) is 31.1 Å². The molecule has 0 radical (unpaired) electrons. The van der Waals surface area contributed by atoms with E-state index in [0.29, 0.717) is 17.2 Å². The van der Waals surface area contributed by atoms with Crippen LogP contribution in [0.25, 0.3) is 0 Å². The molecule has 0 aliphatic rings. The van der Waals surface area contributed by atoms with E-state index in [1.165, 1.54) is 35.6 Å². The maximum absolute atomic E-state index is 12.9. The summed E-state index contributed by atoms with van der Waals surface area (Å²) in [5.74, 6) is 0.0497. The fourth-order valence-electron chi connectivity index (χ4n) is 3.17. The summed E-state index contributed by atoms with van der Waals surface area (Å²) >= 11 is 0. The van der Waals surface area contributed by atoms with Gasteiger partial charge in [0.05, 0.1) is 10.6 Å². The average Bonchev–Trinajstić information content (AvgIpc) is 2.79. The predicted molar refractivity (Wildman–Crippen MR) is 122 cm³/mol. The van der Waals surface area contributed by atoms with Crippen molar-refractivity contribution in [2.24, 2.45) is 0 Å². The molecule has 3 aromatic rings. The molecule has 0 aliphatic carbocycles. The van der Waals surface area contributed by atoms with Gasteiger partial charge in [-0.3, -0.25) is 9.10 Å². The van der Waals surface area contributed by atoms with Gasteiger partial charge in [-0.25, -0.2) is 8.42 Å². The maximum atomic E-state index is 12.9. The van der Waals surface area contributed by atoms with Gasteiger partial charge in [0.1, 0.15) is 0 Å². The Morgan fingerprint density at radius 2 is 1.53 bits per heavy atom. The number of nitrogens with one attached hydrogen (secondary N) is 1. The van der Waals surface area contributed by atoms with E-state index in [2.05, 4.69) is 19.2 Å². The zero-order chi connectivity index (χ0) is 21.7. The highest BCUT2D eigenvalue weighted by Gasteiger charge is 2.21. The van der Waals surface area contributed by atoms with Crippen LogP contribution in [0.1, 0.15) is 42.1 Å². The summed E-state index contributed by atoms with van der Waals surface area (Å²) in [7, 11) is -2.20. The molecular weight excluding hydrogens is 396 g/mol. The summed E-state index contributed by atoms with van der Waals surface area (Å²) in [4.78, 5) is 12.9. The van der Waals surface area contributed by atoms with Gasteiger partial charge < -0.3 is 5.32 Å². The third-order valence-electron chi connectivity index (χ3n) is 5.25. The number of para-hydroxylation sites is 2. The van der Waals surface area contributed by atoms with Crippen molar-refractivity contribution in [3.63, 3.8) is 0 Å². The van der Waals surface area contributed by atoms with E-state index in [1.807, 2.05) is 30.3 Å². The van der Waals surface area contributed by atoms with Crippen LogP contribution in [0.4, 0.5) is 11.4 Å². The molecule has 0 fully saturated rings. The highest BCUT2D eigenvalue weighted by Crippen LogP contribution is 2.27. The molecule has 156 valence electrons. The number of carbonyl (C=O) groups excluding carboxylic acids is 1. The van der Waals surface area contributed by atoms with Crippen molar-refractivity contribution >= 4 is 27.3 Å². The average molecular weight is 423 g/mol. The molecule has 0 heterocycles. The number of benzene rings is 3. The first kappa shape index (κ1) is 21.6. The van der Waals surface area contributed by atoms with Crippen LogP contribution in [0.15, 0.2) is 83.8 Å². The number of amides is 1. The molecule has 5 nitrogen and oxygen atoms in total. The minimum absolute atomic E-state index is 0.130. The Hall–Kier alpha value is -3.12. The van der Waals surface area contributed by atoms with Gasteiger partial charge in [-0.05, 0) is 60.4 Å². The van der Waals surface area contributed by atoms with Crippen molar-refractivity contribution in [2.75, 3.05) is 16.7 Å². The summed E-state index contributed by atoms with van der Waals surface area (Å²) in [6.45, 7) is 4.22. The van der Waals surface area contributed by atoms with Crippen molar-refractivity contribution in [1.82, 2.24) is 0 Å². The summed E-state index contributed by atoms with van der Waals surface area (Å²) in [6, 6.07) is 22.6. The normalized spacial score (nSPS) is 12.2. The predicted octanol–water partition coefficient (Wildman–Crippen LogP) is 5.28. The largest absolute Gasteiger partial charge is 0.322 e. The fourth-order valence-corrected chi connectivity index (χ4v) is 4.36. The molecule has 6 heteroatoms. The quantitative estimate of drug-likeness (QED) is 0.563. The monoisotopic (exact) mass is 422 g/mol. The molecule has 1 amide bonds. The lowest BCUT2D eigenvalue weighted by Gasteiger charge is -2.19. The van der Waals surface area contributed by atoms with Gasteiger partial charge in [0, 0.05) is 18.3 Å². The summed E-state index contributed by atoms with van der Waals surface area (Å²) < 4.78 is 27.0. The number of nitrogens with zero attached hydrogens (tertiary/aromatic N) is 1. The van der Waals surface area contributed by atoms with Crippen LogP contribution in [0.3, 0.4) is 0 Å². The van der Waals surface area contributed by atoms with Gasteiger partial charge in [0.15, 0.2) is 0 Å². The lowest BCUT2D eigenvalue weighted by Crippen LogP contribution is -2.26. The Labute approximate surface area is 178 Å². The minimum atomic E-state index is -3.71. The zero-order valence-corrected chi connectivity index (χ0v) is 18.2. The van der Waals surface area contributed by atoms with Crippen LogP contribution in [-0.2, 0) is 10.0 Å². The number of hydrogen-bond donors (Lipinski definition) is 1. The van der Waals surface area contributed by atoms with Gasteiger partial charge in [-0.1, -0.05) is 50.2 Å². The number of sulfonamides is 1. The third kappa shape index (κ3) is 4.54. The number of rotatable bonds is 7. The van der Waals surface area contributed by atoms with E-state index in [9.17, 15) is 13.2 Å². The van der Waals surface area contributed by atoms with Crippen molar-refractivity contribution in [1.29, 1.82) is 0 Å². The molecule has 0 aliphatic heterocycles. The highest BCUT2D eigenvalue weighted by atomic mass is 32.2. The minimum Gasteiger partial charge on any atom is -0.322 e. The number of hydrogen-bond acceptors (Lipinski definition) is 3. The van der Waals surface area contributed by atoms with Gasteiger partial charge >= 0.3 is 0 Å². The highest BCUT2D eigenvalue weighted by molar-refractivity contribution is 7.92. The zero-order valence-electron chi connectivity index (χ0n) is 17.4. The second kappa shape index (κ2) is 9.13. The van der Waals surface area contributed by atoms with E-state index in [1.54, 1.807) is 24.3 Å². The van der Waals surface area contributed by atoms with Crippen LogP contribution in [0.5, 0.6) is 0 Å². The number of anilines is 2. The van der Waals surface area contributed by atoms with Crippen LogP contribution >= 0.6 is 0 Å². The second-order valence-electron chi connectivity index (χ2n) is 7.18. The summed E-state index contributed by atoms with van der Waals surface area (Å²) in [5.41, 5.74) is 2.82. The van der Waals surface area contributed by atoms with Gasteiger partial charge in [0.2, 0.25) is 0 Å². The van der Waals surface area contributed by atoms with E-state index < -0.39 is 10.0 Å². The van der Waals surface area contributed by atoms with Gasteiger partial charge in [-0.2, -0.15) is 0 Å². The van der Waals surface area contributed by atoms with Crippen molar-refractivity contribution in [3.05, 3.63) is 90.0 Å². The Bertz CT molecular complexity index is 1110. The first-order valence-corrected chi connectivity index (χ1v) is 11.3. The standard InChI is InChI=1S/C24H26N2O3S/c1-4-18(2)22-12-8-9-13-23(22)25-24(27)19-14-16-21(17-15-19)30(28,29)26(3)20-10-6-5-7-11-20/h5-18H,4H2,1-3H3,(H,25,27)/t18-/m1/s1. The Morgan fingerprint density at radius 1 is 0.933 bits per heavy atom. The molecule has 0 unspecified atom stereocenters. The fraction of sp³-hybridized carbons (Fsp3) is 0.208. The Morgan fingerprint density at radius 3 is 2.17 bits per heavy atom. The van der Waals surface area contributed by atoms with Crippen LogP contribution in [0, 0.1) is 0 Å². The van der Waals surface area contributed by atoms with E-state index >= 15 is 0 Å². The van der Waals surface area contributed by atoms with Crippen LogP contribution < -0.4 is 9.62 Å². The molecule has 0 spiro atoms. The molecule has 0 bridgehead atoms. The molecule has 1 N–H and O–H groups in total. The SMILES string of the molecule is CC[C@@H](C)c1ccccc1NC(=O)c1ccc(S(=O)(=O)N(C)c2ccccc2)cc1. The first-order valence-electron chi connectivity index (χ1n) is 9.89. The molecule has 30 heavy (non-hydrogen) atoms. The molecule has 0 saturated carbocycles. The lowest BCUT2D eigenvalue weighted by atomic mass is 9.97.